The molecule has 1 aromatic carbocycles. The molecule has 0 saturated heterocycles. The van der Waals surface area contributed by atoms with Crippen molar-refractivity contribution in [1.29, 1.82) is 0 Å². The molecule has 7 nitrogen and oxygen atoms in total. The van der Waals surface area contributed by atoms with Crippen molar-refractivity contribution in [3.63, 3.8) is 0 Å². The predicted octanol–water partition coefficient (Wildman–Crippen LogP) is 3.73. The van der Waals surface area contributed by atoms with Gasteiger partial charge in [-0.2, -0.15) is 23.4 Å². The number of hydrogen-bond acceptors (Lipinski definition) is 4. The Kier molecular flexibility index (Phi) is 4.76. The molecule has 1 N–H and O–H groups in total. The zero-order valence-electron chi connectivity index (χ0n) is 16.1. The monoisotopic (exact) mass is 414 g/mol. The van der Waals surface area contributed by atoms with E-state index in [4.69, 9.17) is 0 Å². The summed E-state index contributed by atoms with van der Waals surface area (Å²) in [7, 11) is 0. The van der Waals surface area contributed by atoms with Crippen LogP contribution in [0.25, 0.3) is 11.3 Å². The van der Waals surface area contributed by atoms with E-state index in [1.807, 2.05) is 0 Å². The van der Waals surface area contributed by atoms with Gasteiger partial charge in [-0.3, -0.25) is 4.79 Å². The third-order valence-electron chi connectivity index (χ3n) is 4.80. The number of rotatable bonds is 4. The Balaban J connectivity index is 1.58. The summed E-state index contributed by atoms with van der Waals surface area (Å²) in [4.78, 5) is 16.9. The van der Waals surface area contributed by atoms with E-state index in [0.29, 0.717) is 28.2 Å². The van der Waals surface area contributed by atoms with E-state index < -0.39 is 17.8 Å². The molecular formula is C20H17F3N6O. The average Bonchev–Trinajstić information content (AvgIpc) is 3.31. The summed E-state index contributed by atoms with van der Waals surface area (Å²) in [6, 6.07) is 6.20. The lowest BCUT2D eigenvalue weighted by Gasteiger charge is -2.14. The van der Waals surface area contributed by atoms with E-state index in [-0.39, 0.29) is 5.91 Å². The summed E-state index contributed by atoms with van der Waals surface area (Å²) in [5.41, 5.74) is 1.60. The van der Waals surface area contributed by atoms with E-state index in [1.54, 1.807) is 38.4 Å². The maximum absolute atomic E-state index is 13.0. The second-order valence-electron chi connectivity index (χ2n) is 6.79. The van der Waals surface area contributed by atoms with Crippen molar-refractivity contribution in [3.8, 4) is 5.69 Å². The Hall–Kier alpha value is -3.69. The lowest BCUT2D eigenvalue weighted by atomic mass is 10.1. The molecule has 30 heavy (non-hydrogen) atoms. The number of amides is 1. The van der Waals surface area contributed by atoms with Crippen molar-refractivity contribution < 1.29 is 18.0 Å². The molecule has 1 amide bonds. The highest BCUT2D eigenvalue weighted by Gasteiger charge is 2.30. The van der Waals surface area contributed by atoms with Crippen LogP contribution in [0, 0.1) is 6.92 Å². The highest BCUT2D eigenvalue weighted by molar-refractivity contribution is 5.99. The summed E-state index contributed by atoms with van der Waals surface area (Å²) >= 11 is 0. The van der Waals surface area contributed by atoms with Crippen LogP contribution in [0.1, 0.15) is 40.1 Å². The van der Waals surface area contributed by atoms with Crippen LogP contribution in [0.15, 0.2) is 55.1 Å². The first-order valence-corrected chi connectivity index (χ1v) is 9.07. The first-order valence-electron chi connectivity index (χ1n) is 9.07. The quantitative estimate of drug-likeness (QED) is 0.552. The fourth-order valence-corrected chi connectivity index (χ4v) is 3.26. The van der Waals surface area contributed by atoms with Crippen LogP contribution in [0.4, 0.5) is 13.2 Å². The van der Waals surface area contributed by atoms with Crippen molar-refractivity contribution in [3.05, 3.63) is 77.5 Å². The number of fused-ring (bicyclic) bond motifs is 1. The van der Waals surface area contributed by atoms with Crippen LogP contribution in [-0.2, 0) is 6.18 Å². The lowest BCUT2D eigenvalue weighted by Crippen LogP contribution is -2.27. The average molecular weight is 414 g/mol. The van der Waals surface area contributed by atoms with E-state index in [1.165, 1.54) is 27.7 Å². The molecule has 1 atom stereocenters. The largest absolute Gasteiger partial charge is 0.416 e. The molecule has 154 valence electrons. The zero-order valence-corrected chi connectivity index (χ0v) is 16.1. The van der Waals surface area contributed by atoms with Gasteiger partial charge >= 0.3 is 6.18 Å². The van der Waals surface area contributed by atoms with Gasteiger partial charge in [-0.25, -0.2) is 14.2 Å². The topological polar surface area (TPSA) is 77.1 Å². The normalized spacial score (nSPS) is 12.8. The van der Waals surface area contributed by atoms with Gasteiger partial charge in [0.25, 0.3) is 5.91 Å². The minimum atomic E-state index is -4.44. The van der Waals surface area contributed by atoms with Crippen LogP contribution < -0.4 is 5.32 Å². The van der Waals surface area contributed by atoms with Crippen LogP contribution in [0.5, 0.6) is 0 Å². The smallest absolute Gasteiger partial charge is 0.345 e. The molecule has 3 aromatic heterocycles. The molecule has 10 heteroatoms. The van der Waals surface area contributed by atoms with Crippen LogP contribution in [0.3, 0.4) is 0 Å². The number of carbonyl (C=O) groups excluding carboxylic acids is 1. The number of nitrogens with zero attached hydrogens (tertiary/aromatic N) is 5. The van der Waals surface area contributed by atoms with E-state index >= 15 is 0 Å². The van der Waals surface area contributed by atoms with E-state index in [2.05, 4.69) is 20.5 Å². The molecule has 4 aromatic rings. The molecule has 0 bridgehead atoms. The predicted molar refractivity (Wildman–Crippen MR) is 102 cm³/mol. The van der Waals surface area contributed by atoms with Gasteiger partial charge in [-0.1, -0.05) is 6.07 Å². The number of alkyl halides is 3. The molecular weight excluding hydrogens is 397 g/mol. The number of aromatic nitrogens is 5. The molecule has 0 radical (unpaired) electrons. The van der Waals surface area contributed by atoms with Gasteiger partial charge in [-0.05, 0) is 38.1 Å². The van der Waals surface area contributed by atoms with E-state index in [0.717, 1.165) is 12.1 Å². The molecule has 0 fully saturated rings. The molecule has 0 aliphatic carbocycles. The van der Waals surface area contributed by atoms with Gasteiger partial charge < -0.3 is 5.32 Å². The maximum Gasteiger partial charge on any atom is 0.416 e. The van der Waals surface area contributed by atoms with Crippen molar-refractivity contribution in [2.45, 2.75) is 26.1 Å². The van der Waals surface area contributed by atoms with Crippen molar-refractivity contribution >= 4 is 11.6 Å². The van der Waals surface area contributed by atoms with Gasteiger partial charge in [0.2, 0.25) is 0 Å². The summed E-state index contributed by atoms with van der Waals surface area (Å²) in [6.07, 6.45) is 1.79. The Morgan fingerprint density at radius 1 is 1.17 bits per heavy atom. The van der Waals surface area contributed by atoms with Gasteiger partial charge in [0.1, 0.15) is 5.56 Å². The van der Waals surface area contributed by atoms with Gasteiger partial charge in [-0.15, -0.1) is 0 Å². The van der Waals surface area contributed by atoms with Crippen LogP contribution >= 0.6 is 0 Å². The van der Waals surface area contributed by atoms with Crippen LogP contribution in [0.2, 0.25) is 0 Å². The van der Waals surface area contributed by atoms with Crippen molar-refractivity contribution in [2.24, 2.45) is 0 Å². The molecule has 1 unspecified atom stereocenters. The van der Waals surface area contributed by atoms with Gasteiger partial charge in [0.15, 0.2) is 5.65 Å². The zero-order chi connectivity index (χ0) is 21.5. The summed E-state index contributed by atoms with van der Waals surface area (Å²) in [5.74, 6) is -0.359. The van der Waals surface area contributed by atoms with Gasteiger partial charge in [0.05, 0.1) is 29.7 Å². The number of carbonyl (C=O) groups is 1. The number of hydrogen-bond donors (Lipinski definition) is 1. The number of halogens is 3. The van der Waals surface area contributed by atoms with E-state index in [9.17, 15) is 18.0 Å². The number of benzene rings is 1. The third-order valence-corrected chi connectivity index (χ3v) is 4.80. The Morgan fingerprint density at radius 3 is 2.73 bits per heavy atom. The van der Waals surface area contributed by atoms with Crippen molar-refractivity contribution in [1.82, 2.24) is 29.7 Å². The fourth-order valence-electron chi connectivity index (χ4n) is 3.26. The Morgan fingerprint density at radius 2 is 1.97 bits per heavy atom. The standard InChI is InChI=1S/C20H17F3N6O/c1-12(27-19(30)17-11-25-28-8-4-7-24-18(17)28)16-10-26-29(13(16)2)15-6-3-5-14(9-15)20(21,22)23/h3-12H,1-2H3,(H,27,30). The van der Waals surface area contributed by atoms with Crippen LogP contribution in [-0.4, -0.2) is 30.3 Å². The Labute approximate surface area is 169 Å². The molecule has 3 heterocycles. The minimum Gasteiger partial charge on any atom is -0.345 e. The maximum atomic E-state index is 13.0. The highest BCUT2D eigenvalue weighted by Crippen LogP contribution is 2.31. The first-order chi connectivity index (χ1) is 14.3. The molecule has 0 aliphatic rings. The molecule has 0 saturated carbocycles. The molecule has 0 spiro atoms. The third kappa shape index (κ3) is 3.51. The number of nitrogens with one attached hydrogen (secondary N) is 1. The summed E-state index contributed by atoms with van der Waals surface area (Å²) in [5, 5.41) is 11.2. The highest BCUT2D eigenvalue weighted by atomic mass is 19.4. The molecule has 0 aliphatic heterocycles. The van der Waals surface area contributed by atoms with Gasteiger partial charge in [0, 0.05) is 23.7 Å². The lowest BCUT2D eigenvalue weighted by molar-refractivity contribution is -0.137. The summed E-state index contributed by atoms with van der Waals surface area (Å²) < 4.78 is 42.0. The second kappa shape index (κ2) is 7.29. The van der Waals surface area contributed by atoms with Crippen molar-refractivity contribution in [2.75, 3.05) is 0 Å². The fraction of sp³-hybridized carbons (Fsp3) is 0.200. The first kappa shape index (κ1) is 19.6. The minimum absolute atomic E-state index is 0.291. The second-order valence-corrected chi connectivity index (χ2v) is 6.79. The SMILES string of the molecule is Cc1c(C(C)NC(=O)c2cnn3cccnc23)cnn1-c1cccc(C(F)(F)F)c1. The Bertz CT molecular complexity index is 1230. The molecule has 4 rings (SSSR count). The summed E-state index contributed by atoms with van der Waals surface area (Å²) in [6.45, 7) is 3.51.